The van der Waals surface area contributed by atoms with Crippen LogP contribution in [0.5, 0.6) is 0 Å². The molecule has 0 atom stereocenters. The van der Waals surface area contributed by atoms with Gasteiger partial charge in [0, 0.05) is 30.6 Å². The van der Waals surface area contributed by atoms with Crippen molar-refractivity contribution in [2.24, 2.45) is 5.92 Å². The number of carbonyl (C=O) groups is 1. The third kappa shape index (κ3) is 5.98. The van der Waals surface area contributed by atoms with Crippen LogP contribution in [0.2, 0.25) is 10.0 Å². The summed E-state index contributed by atoms with van der Waals surface area (Å²) in [4.78, 5) is 22.4. The van der Waals surface area contributed by atoms with Crippen LogP contribution in [-0.4, -0.2) is 68.8 Å². The van der Waals surface area contributed by atoms with Gasteiger partial charge in [0.25, 0.3) is 0 Å². The largest absolute Gasteiger partial charge is 0.309 e. The first-order chi connectivity index (χ1) is 16.7. The molecule has 0 spiro atoms. The molecule has 0 bridgehead atoms. The molecule has 7 nitrogen and oxygen atoms in total. The number of thiazole rings is 1. The molecule has 4 rings (SSSR count). The Kier molecular flexibility index (Phi) is 8.35. The van der Waals surface area contributed by atoms with E-state index in [1.165, 1.54) is 27.8 Å². The van der Waals surface area contributed by atoms with Crippen LogP contribution in [0.4, 0.5) is 5.13 Å². The lowest BCUT2D eigenvalue weighted by atomic mass is 9.96. The van der Waals surface area contributed by atoms with Crippen LogP contribution in [0.1, 0.15) is 19.3 Å². The van der Waals surface area contributed by atoms with Crippen molar-refractivity contribution in [3.8, 4) is 0 Å². The summed E-state index contributed by atoms with van der Waals surface area (Å²) in [6.45, 7) is 1.96. The van der Waals surface area contributed by atoms with Crippen molar-refractivity contribution >= 4 is 65.8 Å². The van der Waals surface area contributed by atoms with E-state index in [-0.39, 0.29) is 16.7 Å². The number of piperidine rings is 1. The highest BCUT2D eigenvalue weighted by molar-refractivity contribution is 7.89. The molecule has 0 aliphatic carbocycles. The molecule has 1 aliphatic rings. The first-order valence-electron chi connectivity index (χ1n) is 11.4. The summed E-state index contributed by atoms with van der Waals surface area (Å²) in [5, 5.41) is 1.68. The van der Waals surface area contributed by atoms with Crippen LogP contribution < -0.4 is 4.90 Å². The highest BCUT2D eigenvalue weighted by Crippen LogP contribution is 2.35. The minimum absolute atomic E-state index is 0.0116. The maximum atomic E-state index is 13.7. The lowest BCUT2D eigenvalue weighted by Gasteiger charge is -2.33. The normalized spacial score (nSPS) is 15.7. The molecular formula is C24H28Cl2N4O3S2. The van der Waals surface area contributed by atoms with Crippen molar-refractivity contribution in [3.05, 3.63) is 52.5 Å². The average Bonchev–Trinajstić information content (AvgIpc) is 3.27. The number of benzene rings is 2. The van der Waals surface area contributed by atoms with Crippen LogP contribution in [0.15, 0.2) is 47.4 Å². The molecule has 1 aromatic heterocycles. The van der Waals surface area contributed by atoms with Crippen molar-refractivity contribution in [2.75, 3.05) is 45.2 Å². The monoisotopic (exact) mass is 554 g/mol. The fourth-order valence-electron chi connectivity index (χ4n) is 4.18. The second-order valence-electron chi connectivity index (χ2n) is 8.86. The SMILES string of the molecule is CN(C)CCCN(C(=O)C1CCN(S(=O)(=O)c2ccc(Cl)cc2)CC1)c1nc2c(Cl)cccc2s1. The van der Waals surface area contributed by atoms with Crippen molar-refractivity contribution in [1.29, 1.82) is 0 Å². The zero-order valence-electron chi connectivity index (χ0n) is 19.7. The summed E-state index contributed by atoms with van der Waals surface area (Å²) in [6.07, 6.45) is 1.72. The predicted octanol–water partition coefficient (Wildman–Crippen LogP) is 4.99. The molecule has 2 aromatic carbocycles. The molecule has 0 saturated carbocycles. The second-order valence-corrected chi connectivity index (χ2v) is 12.7. The van der Waals surface area contributed by atoms with Gasteiger partial charge in [-0.15, -0.1) is 0 Å². The first-order valence-corrected chi connectivity index (χ1v) is 14.4. The van der Waals surface area contributed by atoms with Crippen LogP contribution >= 0.6 is 34.5 Å². The molecule has 1 aliphatic heterocycles. The third-order valence-corrected chi connectivity index (χ3v) is 9.61. The Balaban J connectivity index is 1.50. The predicted molar refractivity (Wildman–Crippen MR) is 143 cm³/mol. The first kappa shape index (κ1) is 26.3. The maximum absolute atomic E-state index is 13.7. The Labute approximate surface area is 220 Å². The highest BCUT2D eigenvalue weighted by atomic mass is 35.5. The Morgan fingerprint density at radius 2 is 1.77 bits per heavy atom. The Morgan fingerprint density at radius 3 is 2.40 bits per heavy atom. The van der Waals surface area contributed by atoms with Gasteiger partial charge in [-0.25, -0.2) is 13.4 Å². The fourth-order valence-corrected chi connectivity index (χ4v) is 7.08. The van der Waals surface area contributed by atoms with E-state index in [1.54, 1.807) is 23.1 Å². The number of halogens is 2. The van der Waals surface area contributed by atoms with Crippen LogP contribution in [-0.2, 0) is 14.8 Å². The molecule has 11 heteroatoms. The van der Waals surface area contributed by atoms with E-state index >= 15 is 0 Å². The second kappa shape index (κ2) is 11.1. The maximum Gasteiger partial charge on any atom is 0.243 e. The average molecular weight is 556 g/mol. The van der Waals surface area contributed by atoms with Crippen molar-refractivity contribution in [1.82, 2.24) is 14.2 Å². The van der Waals surface area contributed by atoms with Gasteiger partial charge >= 0.3 is 0 Å². The number of para-hydroxylation sites is 1. The topological polar surface area (TPSA) is 73.8 Å². The van der Waals surface area contributed by atoms with E-state index in [1.807, 2.05) is 26.2 Å². The Morgan fingerprint density at radius 1 is 1.09 bits per heavy atom. The summed E-state index contributed by atoms with van der Waals surface area (Å²) in [5.74, 6) is -0.281. The Bertz CT molecular complexity index is 1290. The van der Waals surface area contributed by atoms with E-state index < -0.39 is 10.0 Å². The molecule has 0 radical (unpaired) electrons. The zero-order chi connectivity index (χ0) is 25.2. The summed E-state index contributed by atoms with van der Waals surface area (Å²) >= 11 is 13.7. The van der Waals surface area contributed by atoms with E-state index in [0.717, 1.165) is 17.7 Å². The van der Waals surface area contributed by atoms with Gasteiger partial charge in [0.1, 0.15) is 5.52 Å². The lowest BCUT2D eigenvalue weighted by Crippen LogP contribution is -2.45. The molecule has 1 amide bonds. The van der Waals surface area contributed by atoms with Gasteiger partial charge in [-0.1, -0.05) is 40.6 Å². The van der Waals surface area contributed by atoms with Gasteiger partial charge in [0.15, 0.2) is 5.13 Å². The van der Waals surface area contributed by atoms with Gasteiger partial charge in [-0.3, -0.25) is 9.69 Å². The van der Waals surface area contributed by atoms with Crippen LogP contribution in [0, 0.1) is 5.92 Å². The summed E-state index contributed by atoms with van der Waals surface area (Å²) in [5.41, 5.74) is 0.698. The molecule has 188 valence electrons. The smallest absolute Gasteiger partial charge is 0.243 e. The summed E-state index contributed by atoms with van der Waals surface area (Å²) in [6, 6.07) is 11.8. The third-order valence-electron chi connectivity index (χ3n) is 6.10. The quantitative estimate of drug-likeness (QED) is 0.392. The lowest BCUT2D eigenvalue weighted by molar-refractivity contribution is -0.123. The number of fused-ring (bicyclic) bond motifs is 1. The van der Waals surface area contributed by atoms with Gasteiger partial charge in [0.2, 0.25) is 15.9 Å². The van der Waals surface area contributed by atoms with Gasteiger partial charge in [-0.2, -0.15) is 4.31 Å². The number of hydrogen-bond acceptors (Lipinski definition) is 6. The number of rotatable bonds is 8. The minimum Gasteiger partial charge on any atom is -0.309 e. The number of aromatic nitrogens is 1. The van der Waals surface area contributed by atoms with E-state index in [0.29, 0.717) is 53.2 Å². The molecule has 35 heavy (non-hydrogen) atoms. The zero-order valence-corrected chi connectivity index (χ0v) is 22.8. The number of anilines is 1. The summed E-state index contributed by atoms with van der Waals surface area (Å²) < 4.78 is 28.4. The van der Waals surface area contributed by atoms with Crippen molar-refractivity contribution in [3.63, 3.8) is 0 Å². The molecular weight excluding hydrogens is 527 g/mol. The van der Waals surface area contributed by atoms with Gasteiger partial charge < -0.3 is 4.90 Å². The van der Waals surface area contributed by atoms with Crippen LogP contribution in [0.3, 0.4) is 0 Å². The number of sulfonamides is 1. The van der Waals surface area contributed by atoms with E-state index in [9.17, 15) is 13.2 Å². The number of hydrogen-bond donors (Lipinski definition) is 0. The molecule has 0 N–H and O–H groups in total. The van der Waals surface area contributed by atoms with Gasteiger partial charge in [0.05, 0.1) is 14.6 Å². The number of carbonyl (C=O) groups excluding carboxylic acids is 1. The molecule has 0 unspecified atom stereocenters. The molecule has 3 aromatic rings. The molecule has 1 saturated heterocycles. The Hall–Kier alpha value is -1.75. The van der Waals surface area contributed by atoms with Crippen molar-refractivity contribution < 1.29 is 13.2 Å². The fraction of sp³-hybridized carbons (Fsp3) is 0.417. The minimum atomic E-state index is -3.63. The van der Waals surface area contributed by atoms with Gasteiger partial charge in [-0.05, 0) is 76.3 Å². The van der Waals surface area contributed by atoms with Crippen LogP contribution in [0.25, 0.3) is 10.2 Å². The van der Waals surface area contributed by atoms with Crippen molar-refractivity contribution in [2.45, 2.75) is 24.2 Å². The molecule has 1 fully saturated rings. The molecule has 2 heterocycles. The highest BCUT2D eigenvalue weighted by Gasteiger charge is 2.35. The number of nitrogens with zero attached hydrogens (tertiary/aromatic N) is 4. The number of amides is 1. The summed E-state index contributed by atoms with van der Waals surface area (Å²) in [7, 11) is 0.374. The van der Waals surface area contributed by atoms with E-state index in [4.69, 9.17) is 23.2 Å². The standard InChI is InChI=1S/C24H28Cl2N4O3S2/c1-28(2)13-4-14-30(24-27-22-20(26)5-3-6-21(22)34-24)23(31)17-11-15-29(16-12-17)35(32,33)19-9-7-18(25)8-10-19/h3,5-10,17H,4,11-16H2,1-2H3. The van der Waals surface area contributed by atoms with E-state index in [2.05, 4.69) is 9.88 Å².